The second-order valence-electron chi connectivity index (χ2n) is 7.25. The molecule has 1 aromatic carbocycles. The lowest BCUT2D eigenvalue weighted by Crippen LogP contribution is -2.37. The molecule has 0 spiro atoms. The Kier molecular flexibility index (Phi) is 6.82. The highest BCUT2D eigenvalue weighted by molar-refractivity contribution is 14.0. The Labute approximate surface area is 168 Å². The average molecular weight is 459 g/mol. The second kappa shape index (κ2) is 8.47. The van der Waals surface area contributed by atoms with Crippen molar-refractivity contribution in [1.29, 1.82) is 0 Å². The molecule has 0 unspecified atom stereocenters. The van der Waals surface area contributed by atoms with Crippen molar-refractivity contribution in [3.8, 4) is 11.5 Å². The first-order valence-corrected chi connectivity index (χ1v) is 8.81. The van der Waals surface area contributed by atoms with Crippen molar-refractivity contribution in [1.82, 2.24) is 9.80 Å². The zero-order valence-electron chi connectivity index (χ0n) is 15.7. The van der Waals surface area contributed by atoms with Crippen LogP contribution < -0.4 is 9.47 Å². The van der Waals surface area contributed by atoms with Gasteiger partial charge in [-0.05, 0) is 30.5 Å². The summed E-state index contributed by atoms with van der Waals surface area (Å²) >= 11 is 0. The molecule has 1 saturated carbocycles. The van der Waals surface area contributed by atoms with Crippen LogP contribution in [-0.2, 0) is 5.41 Å². The summed E-state index contributed by atoms with van der Waals surface area (Å²) in [7, 11) is 8.18. The fraction of sp³-hybridized carbons (Fsp3) is 0.632. The van der Waals surface area contributed by atoms with Crippen molar-refractivity contribution in [2.45, 2.75) is 31.1 Å². The Bertz CT molecular complexity index is 601. The highest BCUT2D eigenvalue weighted by Gasteiger charge is 2.36. The lowest BCUT2D eigenvalue weighted by molar-refractivity contribution is 0.171. The lowest BCUT2D eigenvalue weighted by Gasteiger charge is -2.31. The van der Waals surface area contributed by atoms with Crippen molar-refractivity contribution in [3.05, 3.63) is 23.8 Å². The standard InChI is InChI=1S/C19H29N3O2.HI/c1-21(2)18(22(3)4)20-14-19(9-5-6-10-19)15-7-8-16-17(13-15)24-12-11-23-16;/h7-8,13H,5-6,9-12,14H2,1-4H3;1H. The summed E-state index contributed by atoms with van der Waals surface area (Å²) in [6.07, 6.45) is 4.90. The Hall–Kier alpha value is -1.18. The van der Waals surface area contributed by atoms with Crippen LogP contribution in [0.5, 0.6) is 11.5 Å². The van der Waals surface area contributed by atoms with Crippen LogP contribution >= 0.6 is 24.0 Å². The minimum atomic E-state index is 0. The van der Waals surface area contributed by atoms with E-state index in [0.29, 0.717) is 13.2 Å². The summed E-state index contributed by atoms with van der Waals surface area (Å²) < 4.78 is 11.5. The maximum atomic E-state index is 5.79. The number of rotatable bonds is 3. The fourth-order valence-corrected chi connectivity index (χ4v) is 3.87. The van der Waals surface area contributed by atoms with Gasteiger partial charge in [-0.15, -0.1) is 24.0 Å². The summed E-state index contributed by atoms with van der Waals surface area (Å²) in [5.41, 5.74) is 1.46. The van der Waals surface area contributed by atoms with Crippen LogP contribution in [0.25, 0.3) is 0 Å². The predicted molar refractivity (Wildman–Crippen MR) is 113 cm³/mol. The fourth-order valence-electron chi connectivity index (χ4n) is 3.87. The van der Waals surface area contributed by atoms with Crippen LogP contribution in [0.1, 0.15) is 31.2 Å². The maximum Gasteiger partial charge on any atom is 0.195 e. The first kappa shape index (κ1) is 20.1. The zero-order valence-corrected chi connectivity index (χ0v) is 18.1. The molecule has 0 saturated heterocycles. The Morgan fingerprint density at radius 3 is 2.20 bits per heavy atom. The van der Waals surface area contributed by atoms with Gasteiger partial charge in [0.15, 0.2) is 17.5 Å². The van der Waals surface area contributed by atoms with Crippen LogP contribution in [0.2, 0.25) is 0 Å². The van der Waals surface area contributed by atoms with E-state index in [0.717, 1.165) is 24.0 Å². The van der Waals surface area contributed by atoms with E-state index in [1.165, 1.54) is 31.2 Å². The van der Waals surface area contributed by atoms with Crippen LogP contribution in [0.3, 0.4) is 0 Å². The number of halogens is 1. The van der Waals surface area contributed by atoms with Crippen LogP contribution in [0.15, 0.2) is 23.2 Å². The van der Waals surface area contributed by atoms with Gasteiger partial charge in [-0.2, -0.15) is 0 Å². The normalized spacial score (nSPS) is 17.4. The number of guanidine groups is 1. The van der Waals surface area contributed by atoms with E-state index in [2.05, 4.69) is 28.0 Å². The van der Waals surface area contributed by atoms with Gasteiger partial charge in [0.25, 0.3) is 0 Å². The van der Waals surface area contributed by atoms with E-state index >= 15 is 0 Å². The summed E-state index contributed by atoms with van der Waals surface area (Å²) in [5.74, 6) is 2.76. The van der Waals surface area contributed by atoms with Gasteiger partial charge in [-0.3, -0.25) is 4.99 Å². The minimum Gasteiger partial charge on any atom is -0.486 e. The monoisotopic (exact) mass is 459 g/mol. The molecule has 1 fully saturated rings. The molecule has 140 valence electrons. The van der Waals surface area contributed by atoms with E-state index in [1.807, 2.05) is 28.2 Å². The molecular weight excluding hydrogens is 429 g/mol. The van der Waals surface area contributed by atoms with Crippen molar-refractivity contribution >= 4 is 29.9 Å². The van der Waals surface area contributed by atoms with E-state index in [1.54, 1.807) is 0 Å². The molecule has 1 heterocycles. The summed E-state index contributed by atoms with van der Waals surface area (Å²) in [6.45, 7) is 2.09. The van der Waals surface area contributed by atoms with Gasteiger partial charge in [-0.1, -0.05) is 18.9 Å². The summed E-state index contributed by atoms with van der Waals surface area (Å²) in [4.78, 5) is 9.11. The number of aliphatic imine (C=N–C) groups is 1. The lowest BCUT2D eigenvalue weighted by atomic mass is 9.79. The average Bonchev–Trinajstić information content (AvgIpc) is 3.04. The highest BCUT2D eigenvalue weighted by atomic mass is 127. The predicted octanol–water partition coefficient (Wildman–Crippen LogP) is 3.37. The van der Waals surface area contributed by atoms with Crippen molar-refractivity contribution in [3.63, 3.8) is 0 Å². The van der Waals surface area contributed by atoms with Gasteiger partial charge in [0, 0.05) is 33.6 Å². The van der Waals surface area contributed by atoms with Crippen molar-refractivity contribution in [2.75, 3.05) is 47.9 Å². The molecule has 0 N–H and O–H groups in total. The molecule has 1 aliphatic heterocycles. The largest absolute Gasteiger partial charge is 0.486 e. The Balaban J connectivity index is 0.00000225. The van der Waals surface area contributed by atoms with Gasteiger partial charge in [0.1, 0.15) is 13.2 Å². The summed E-state index contributed by atoms with van der Waals surface area (Å²) in [5, 5.41) is 0. The number of nitrogens with zero attached hydrogens (tertiary/aromatic N) is 3. The quantitative estimate of drug-likeness (QED) is 0.395. The molecule has 1 aliphatic carbocycles. The minimum absolute atomic E-state index is 0. The number of fused-ring (bicyclic) bond motifs is 1. The van der Waals surface area contributed by atoms with Crippen LogP contribution in [-0.4, -0.2) is 63.7 Å². The summed E-state index contributed by atoms with van der Waals surface area (Å²) in [6, 6.07) is 6.45. The van der Waals surface area contributed by atoms with Crippen LogP contribution in [0, 0.1) is 0 Å². The van der Waals surface area contributed by atoms with Gasteiger partial charge in [-0.25, -0.2) is 0 Å². The molecule has 1 aromatic rings. The third-order valence-corrected chi connectivity index (χ3v) is 5.04. The molecule has 6 heteroatoms. The van der Waals surface area contributed by atoms with E-state index < -0.39 is 0 Å². The van der Waals surface area contributed by atoms with Crippen molar-refractivity contribution < 1.29 is 9.47 Å². The maximum absolute atomic E-state index is 5.79. The first-order chi connectivity index (χ1) is 11.5. The van der Waals surface area contributed by atoms with Gasteiger partial charge in [0.05, 0.1) is 6.54 Å². The van der Waals surface area contributed by atoms with E-state index in [-0.39, 0.29) is 29.4 Å². The molecule has 0 amide bonds. The Morgan fingerprint density at radius 1 is 1.00 bits per heavy atom. The molecule has 0 bridgehead atoms. The van der Waals surface area contributed by atoms with E-state index in [9.17, 15) is 0 Å². The molecule has 0 atom stereocenters. The molecule has 3 rings (SSSR count). The molecule has 0 aromatic heterocycles. The third kappa shape index (κ3) is 4.33. The van der Waals surface area contributed by atoms with Gasteiger partial charge in [0.2, 0.25) is 0 Å². The van der Waals surface area contributed by atoms with Gasteiger partial charge < -0.3 is 19.3 Å². The van der Waals surface area contributed by atoms with Crippen molar-refractivity contribution in [2.24, 2.45) is 4.99 Å². The number of hydrogen-bond acceptors (Lipinski definition) is 3. The molecule has 2 aliphatic rings. The molecule has 5 nitrogen and oxygen atoms in total. The topological polar surface area (TPSA) is 37.3 Å². The third-order valence-electron chi connectivity index (χ3n) is 5.04. The smallest absolute Gasteiger partial charge is 0.195 e. The van der Waals surface area contributed by atoms with Gasteiger partial charge >= 0.3 is 0 Å². The zero-order chi connectivity index (χ0) is 17.2. The molecule has 0 radical (unpaired) electrons. The second-order valence-corrected chi connectivity index (χ2v) is 7.25. The highest BCUT2D eigenvalue weighted by Crippen LogP contribution is 2.44. The number of ether oxygens (including phenoxy) is 2. The number of benzene rings is 1. The molecular formula is C19H30IN3O2. The van der Waals surface area contributed by atoms with E-state index in [4.69, 9.17) is 14.5 Å². The Morgan fingerprint density at radius 2 is 1.60 bits per heavy atom. The first-order valence-electron chi connectivity index (χ1n) is 8.81. The SMILES string of the molecule is CN(C)C(=NCC1(c2ccc3c(c2)OCCO3)CCCC1)N(C)C.I. The van der Waals surface area contributed by atoms with Crippen LogP contribution in [0.4, 0.5) is 0 Å². The number of hydrogen-bond donors (Lipinski definition) is 0. The molecule has 25 heavy (non-hydrogen) atoms.